The number of nitrogens with zero attached hydrogens (tertiary/aromatic N) is 1. The Hall–Kier alpha value is -1.13. The van der Waals surface area contributed by atoms with Crippen LogP contribution in [0.15, 0.2) is 18.2 Å². The third-order valence-electron chi connectivity index (χ3n) is 3.46. The van der Waals surface area contributed by atoms with Gasteiger partial charge in [-0.15, -0.1) is 0 Å². The highest BCUT2D eigenvalue weighted by atomic mass is 19.1. The SMILES string of the molecule is CNCc1cc(F)ccc1N1CCCC(OC)C1. The van der Waals surface area contributed by atoms with Crippen molar-refractivity contribution in [3.05, 3.63) is 29.6 Å². The van der Waals surface area contributed by atoms with Crippen molar-refractivity contribution in [2.24, 2.45) is 0 Å². The van der Waals surface area contributed by atoms with Gasteiger partial charge in [-0.2, -0.15) is 0 Å². The van der Waals surface area contributed by atoms with Crippen LogP contribution in [0.5, 0.6) is 0 Å². The van der Waals surface area contributed by atoms with Gasteiger partial charge in [0.05, 0.1) is 6.10 Å². The third kappa shape index (κ3) is 3.00. The zero-order valence-corrected chi connectivity index (χ0v) is 11.1. The summed E-state index contributed by atoms with van der Waals surface area (Å²) < 4.78 is 18.7. The fourth-order valence-corrected chi connectivity index (χ4v) is 2.54. The lowest BCUT2D eigenvalue weighted by atomic mass is 10.0. The molecule has 1 fully saturated rings. The maximum Gasteiger partial charge on any atom is 0.123 e. The molecule has 18 heavy (non-hydrogen) atoms. The minimum atomic E-state index is -0.177. The van der Waals surface area contributed by atoms with Crippen LogP contribution in [0.3, 0.4) is 0 Å². The van der Waals surface area contributed by atoms with Crippen molar-refractivity contribution < 1.29 is 9.13 Å². The number of ether oxygens (including phenoxy) is 1. The summed E-state index contributed by atoms with van der Waals surface area (Å²) in [5, 5.41) is 3.09. The van der Waals surface area contributed by atoms with Crippen LogP contribution < -0.4 is 10.2 Å². The molecule has 0 aromatic heterocycles. The highest BCUT2D eigenvalue weighted by Crippen LogP contribution is 2.25. The van der Waals surface area contributed by atoms with Gasteiger partial charge in [0, 0.05) is 32.4 Å². The molecule has 0 radical (unpaired) electrons. The maximum absolute atomic E-state index is 13.3. The molecule has 3 nitrogen and oxygen atoms in total. The van der Waals surface area contributed by atoms with E-state index >= 15 is 0 Å². The van der Waals surface area contributed by atoms with E-state index in [-0.39, 0.29) is 11.9 Å². The predicted molar refractivity (Wildman–Crippen MR) is 71.4 cm³/mol. The molecule has 1 aliphatic heterocycles. The van der Waals surface area contributed by atoms with Crippen molar-refractivity contribution in [3.63, 3.8) is 0 Å². The van der Waals surface area contributed by atoms with Crippen molar-refractivity contribution in [2.45, 2.75) is 25.5 Å². The van der Waals surface area contributed by atoms with Crippen LogP contribution in [-0.2, 0) is 11.3 Å². The fourth-order valence-electron chi connectivity index (χ4n) is 2.54. The molecule has 1 saturated heterocycles. The van der Waals surface area contributed by atoms with Crippen LogP contribution in [0.2, 0.25) is 0 Å². The molecule has 1 N–H and O–H groups in total. The molecule has 2 rings (SSSR count). The highest BCUT2D eigenvalue weighted by molar-refractivity contribution is 5.54. The average Bonchev–Trinajstić information content (AvgIpc) is 2.39. The number of piperidine rings is 1. The first-order chi connectivity index (χ1) is 8.74. The van der Waals surface area contributed by atoms with Gasteiger partial charge < -0.3 is 15.0 Å². The van der Waals surface area contributed by atoms with E-state index in [0.29, 0.717) is 6.54 Å². The van der Waals surface area contributed by atoms with Gasteiger partial charge in [0.2, 0.25) is 0 Å². The summed E-state index contributed by atoms with van der Waals surface area (Å²) in [5.74, 6) is -0.177. The molecule has 1 atom stereocenters. The summed E-state index contributed by atoms with van der Waals surface area (Å²) in [4.78, 5) is 2.30. The van der Waals surface area contributed by atoms with Gasteiger partial charge in [-0.05, 0) is 43.7 Å². The number of hydrogen-bond donors (Lipinski definition) is 1. The lowest BCUT2D eigenvalue weighted by Crippen LogP contribution is -2.39. The number of methoxy groups -OCH3 is 1. The molecule has 1 aromatic carbocycles. The molecule has 1 aliphatic rings. The molecular weight excluding hydrogens is 231 g/mol. The summed E-state index contributed by atoms with van der Waals surface area (Å²) in [7, 11) is 3.64. The lowest BCUT2D eigenvalue weighted by Gasteiger charge is -2.35. The molecule has 1 heterocycles. The fraction of sp³-hybridized carbons (Fsp3) is 0.571. The van der Waals surface area contributed by atoms with E-state index in [1.54, 1.807) is 13.2 Å². The first-order valence-electron chi connectivity index (χ1n) is 6.45. The summed E-state index contributed by atoms with van der Waals surface area (Å²) in [6.07, 6.45) is 2.51. The van der Waals surface area contributed by atoms with Gasteiger partial charge in [0.15, 0.2) is 0 Å². The van der Waals surface area contributed by atoms with Gasteiger partial charge in [0.1, 0.15) is 5.82 Å². The Morgan fingerprint density at radius 3 is 3.06 bits per heavy atom. The maximum atomic E-state index is 13.3. The van der Waals surface area contributed by atoms with Crippen LogP contribution in [-0.4, -0.2) is 33.4 Å². The molecule has 0 bridgehead atoms. The first-order valence-corrected chi connectivity index (χ1v) is 6.45. The van der Waals surface area contributed by atoms with E-state index in [2.05, 4.69) is 10.2 Å². The number of rotatable bonds is 4. The quantitative estimate of drug-likeness (QED) is 0.888. The van der Waals surface area contributed by atoms with E-state index < -0.39 is 0 Å². The first kappa shape index (κ1) is 13.3. The normalized spacial score (nSPS) is 20.2. The molecule has 0 amide bonds. The van der Waals surface area contributed by atoms with Crippen molar-refractivity contribution in [2.75, 3.05) is 32.1 Å². The Labute approximate surface area is 108 Å². The van der Waals surface area contributed by atoms with Crippen LogP contribution in [0.4, 0.5) is 10.1 Å². The molecular formula is C14H21FN2O. The Bertz CT molecular complexity index is 397. The number of halogens is 1. The number of hydrogen-bond acceptors (Lipinski definition) is 3. The molecule has 0 aliphatic carbocycles. The molecule has 4 heteroatoms. The van der Waals surface area contributed by atoms with Crippen molar-refractivity contribution in [3.8, 4) is 0 Å². The second-order valence-corrected chi connectivity index (χ2v) is 4.75. The summed E-state index contributed by atoms with van der Waals surface area (Å²) in [5.41, 5.74) is 2.13. The van der Waals surface area contributed by atoms with Gasteiger partial charge in [-0.25, -0.2) is 4.39 Å². The van der Waals surface area contributed by atoms with Crippen molar-refractivity contribution in [1.29, 1.82) is 0 Å². The molecule has 1 unspecified atom stereocenters. The lowest BCUT2D eigenvalue weighted by molar-refractivity contribution is 0.0893. The van der Waals surface area contributed by atoms with Gasteiger partial charge in [-0.3, -0.25) is 0 Å². The zero-order chi connectivity index (χ0) is 13.0. The van der Waals surface area contributed by atoms with Crippen molar-refractivity contribution >= 4 is 5.69 Å². The summed E-state index contributed by atoms with van der Waals surface area (Å²) in [6.45, 7) is 2.59. The van der Waals surface area contributed by atoms with Crippen LogP contribution in [0.1, 0.15) is 18.4 Å². The van der Waals surface area contributed by atoms with E-state index in [0.717, 1.165) is 37.2 Å². The molecule has 0 spiro atoms. The van der Waals surface area contributed by atoms with E-state index in [9.17, 15) is 4.39 Å². The Balaban J connectivity index is 2.20. The Morgan fingerprint density at radius 2 is 2.33 bits per heavy atom. The molecule has 1 aromatic rings. The van der Waals surface area contributed by atoms with Gasteiger partial charge >= 0.3 is 0 Å². The van der Waals surface area contributed by atoms with Gasteiger partial charge in [-0.1, -0.05) is 0 Å². The second kappa shape index (κ2) is 6.16. The predicted octanol–water partition coefficient (Wildman–Crippen LogP) is 2.16. The number of nitrogens with one attached hydrogen (secondary N) is 1. The van der Waals surface area contributed by atoms with E-state index in [1.807, 2.05) is 13.1 Å². The summed E-state index contributed by atoms with van der Waals surface area (Å²) in [6, 6.07) is 5.02. The van der Waals surface area contributed by atoms with Crippen molar-refractivity contribution in [1.82, 2.24) is 5.32 Å². The van der Waals surface area contributed by atoms with Crippen LogP contribution in [0.25, 0.3) is 0 Å². The number of anilines is 1. The smallest absolute Gasteiger partial charge is 0.123 e. The molecule has 0 saturated carbocycles. The highest BCUT2D eigenvalue weighted by Gasteiger charge is 2.21. The standard InChI is InChI=1S/C14H21FN2O/c1-16-9-11-8-12(15)5-6-14(11)17-7-3-4-13(10-17)18-2/h5-6,8,13,16H,3-4,7,9-10H2,1-2H3. The van der Waals surface area contributed by atoms with Crippen LogP contribution in [0, 0.1) is 5.82 Å². The Kier molecular flexibility index (Phi) is 4.55. The zero-order valence-electron chi connectivity index (χ0n) is 11.1. The minimum Gasteiger partial charge on any atom is -0.380 e. The number of benzene rings is 1. The van der Waals surface area contributed by atoms with Crippen LogP contribution >= 0.6 is 0 Å². The Morgan fingerprint density at radius 1 is 1.50 bits per heavy atom. The third-order valence-corrected chi connectivity index (χ3v) is 3.46. The van der Waals surface area contributed by atoms with E-state index in [1.165, 1.54) is 6.07 Å². The molecule has 100 valence electrons. The minimum absolute atomic E-state index is 0.177. The topological polar surface area (TPSA) is 24.5 Å². The monoisotopic (exact) mass is 252 g/mol. The second-order valence-electron chi connectivity index (χ2n) is 4.75. The average molecular weight is 252 g/mol. The van der Waals surface area contributed by atoms with E-state index in [4.69, 9.17) is 4.74 Å². The van der Waals surface area contributed by atoms with Gasteiger partial charge in [0.25, 0.3) is 0 Å². The largest absolute Gasteiger partial charge is 0.380 e. The summed E-state index contributed by atoms with van der Waals surface area (Å²) >= 11 is 0.